The topological polar surface area (TPSA) is 166 Å². The number of carbonyl (C=O) groups is 1. The van der Waals surface area contributed by atoms with Crippen molar-refractivity contribution in [2.24, 2.45) is 0 Å². The van der Waals surface area contributed by atoms with E-state index >= 15 is 0 Å². The van der Waals surface area contributed by atoms with Crippen LogP contribution < -0.4 is 5.32 Å². The fourth-order valence-electron chi connectivity index (χ4n) is 1.70. The molecule has 1 rings (SSSR count). The molecular weight excluding hydrogens is 285 g/mol. The molecule has 0 unspecified atom stereocenters. The molecule has 19 heavy (non-hydrogen) atoms. The maximum Gasteiger partial charge on any atom is 0.472 e. The molecule has 0 saturated carbocycles. The molecule has 0 bridgehead atoms. The van der Waals surface area contributed by atoms with Crippen LogP contribution >= 0.6 is 7.82 Å². The number of amides is 1. The van der Waals surface area contributed by atoms with Crippen molar-refractivity contribution in [1.82, 2.24) is 5.32 Å². The van der Waals surface area contributed by atoms with Gasteiger partial charge in [-0.05, 0) is 0 Å². The summed E-state index contributed by atoms with van der Waals surface area (Å²) in [5.41, 5.74) is 0. The van der Waals surface area contributed by atoms with E-state index in [1.807, 2.05) is 0 Å². The van der Waals surface area contributed by atoms with Gasteiger partial charge in [0.05, 0.1) is 6.61 Å². The van der Waals surface area contributed by atoms with E-state index in [0.717, 1.165) is 6.92 Å². The van der Waals surface area contributed by atoms with Crippen LogP contribution in [0.15, 0.2) is 0 Å². The number of ether oxygens (including phenoxy) is 1. The molecule has 0 radical (unpaired) electrons. The van der Waals surface area contributed by atoms with Gasteiger partial charge in [0.2, 0.25) is 5.91 Å². The Hall–Kier alpha value is -0.580. The number of hydrogen-bond acceptors (Lipinski definition) is 7. The van der Waals surface area contributed by atoms with Crippen LogP contribution in [-0.4, -0.2) is 68.3 Å². The zero-order chi connectivity index (χ0) is 14.8. The van der Waals surface area contributed by atoms with Crippen molar-refractivity contribution in [1.29, 1.82) is 0 Å². The van der Waals surface area contributed by atoms with Gasteiger partial charge in [0.1, 0.15) is 24.4 Å². The summed E-state index contributed by atoms with van der Waals surface area (Å²) >= 11 is 0. The zero-order valence-electron chi connectivity index (χ0n) is 9.91. The number of aliphatic hydroxyl groups is 3. The van der Waals surface area contributed by atoms with E-state index in [9.17, 15) is 19.6 Å². The van der Waals surface area contributed by atoms with E-state index in [4.69, 9.17) is 19.6 Å². The number of phosphoric acid groups is 1. The number of phosphoric ester groups is 1. The molecule has 1 amide bonds. The van der Waals surface area contributed by atoms with Crippen LogP contribution in [0.1, 0.15) is 6.92 Å². The fourth-order valence-corrected chi connectivity index (χ4v) is 2.15. The van der Waals surface area contributed by atoms with E-state index in [2.05, 4.69) is 9.84 Å². The largest absolute Gasteiger partial charge is 0.472 e. The molecular formula is C8H16NO9P. The van der Waals surface area contributed by atoms with Gasteiger partial charge in [-0.2, -0.15) is 0 Å². The molecule has 0 aliphatic carbocycles. The van der Waals surface area contributed by atoms with E-state index in [1.165, 1.54) is 0 Å². The van der Waals surface area contributed by atoms with E-state index < -0.39 is 51.0 Å². The van der Waals surface area contributed by atoms with Crippen LogP contribution in [-0.2, 0) is 18.6 Å². The standard InChI is InChI=1S/C8H16NO9P/c1-3(11)9-5-7(13)6(12)4(2-10)17-8(5)18-19(14,15)16/h4-8,10,12-13H,2H2,1H3,(H,9,11)(H2,14,15,16)/t4-,5+,6-,7+,8+/m1/s1. The molecule has 1 aliphatic rings. The lowest BCUT2D eigenvalue weighted by atomic mass is 9.97. The zero-order valence-corrected chi connectivity index (χ0v) is 10.8. The highest BCUT2D eigenvalue weighted by Crippen LogP contribution is 2.40. The van der Waals surface area contributed by atoms with Crippen molar-refractivity contribution >= 4 is 13.7 Å². The molecule has 5 atom stereocenters. The SMILES string of the molecule is CC(=O)N[C@@H]1[C@H](OP(=O)(O)O)O[C@H](CO)[C@@H](O)[C@H]1O. The quantitative estimate of drug-likeness (QED) is 0.297. The summed E-state index contributed by atoms with van der Waals surface area (Å²) in [6, 6.07) is -1.39. The first-order valence-corrected chi connectivity index (χ1v) is 6.82. The highest BCUT2D eigenvalue weighted by Gasteiger charge is 2.47. The Kier molecular flexibility index (Phi) is 5.42. The van der Waals surface area contributed by atoms with Gasteiger partial charge in [-0.1, -0.05) is 0 Å². The minimum Gasteiger partial charge on any atom is -0.394 e. The summed E-state index contributed by atoms with van der Waals surface area (Å²) in [7, 11) is -4.95. The average Bonchev–Trinajstić information content (AvgIpc) is 2.26. The Morgan fingerprint density at radius 2 is 1.95 bits per heavy atom. The Morgan fingerprint density at radius 3 is 2.37 bits per heavy atom. The molecule has 0 spiro atoms. The summed E-state index contributed by atoms with van der Waals surface area (Å²) < 4.78 is 20.0. The van der Waals surface area contributed by atoms with Crippen molar-refractivity contribution in [3.63, 3.8) is 0 Å². The monoisotopic (exact) mass is 301 g/mol. The van der Waals surface area contributed by atoms with Gasteiger partial charge >= 0.3 is 7.82 Å². The molecule has 10 nitrogen and oxygen atoms in total. The summed E-state index contributed by atoms with van der Waals surface area (Å²) in [5, 5.41) is 30.5. The Balaban J connectivity index is 2.92. The van der Waals surface area contributed by atoms with Crippen LogP contribution in [0.4, 0.5) is 0 Å². The molecule has 6 N–H and O–H groups in total. The van der Waals surface area contributed by atoms with Crippen LogP contribution in [0, 0.1) is 0 Å². The van der Waals surface area contributed by atoms with Gasteiger partial charge in [-0.3, -0.25) is 9.32 Å². The van der Waals surface area contributed by atoms with Crippen molar-refractivity contribution in [3.05, 3.63) is 0 Å². The summed E-state index contributed by atoms with van der Waals surface area (Å²) in [6.45, 7) is 0.401. The highest BCUT2D eigenvalue weighted by molar-refractivity contribution is 7.46. The van der Waals surface area contributed by atoms with Gasteiger partial charge in [-0.25, -0.2) is 4.57 Å². The molecule has 0 aromatic heterocycles. The summed E-state index contributed by atoms with van der Waals surface area (Å²) in [6.07, 6.45) is -6.17. The van der Waals surface area contributed by atoms with E-state index in [1.54, 1.807) is 0 Å². The van der Waals surface area contributed by atoms with Crippen molar-refractivity contribution in [3.8, 4) is 0 Å². The molecule has 1 fully saturated rings. The predicted octanol–water partition coefficient (Wildman–Crippen LogP) is -2.96. The van der Waals surface area contributed by atoms with Crippen molar-refractivity contribution in [2.45, 2.75) is 37.6 Å². The lowest BCUT2D eigenvalue weighted by molar-refractivity contribution is -0.248. The number of hydrogen-bond donors (Lipinski definition) is 6. The van der Waals surface area contributed by atoms with Gasteiger partial charge in [0.15, 0.2) is 6.29 Å². The maximum absolute atomic E-state index is 11.0. The number of aliphatic hydroxyl groups excluding tert-OH is 3. The third-order valence-electron chi connectivity index (χ3n) is 2.49. The molecule has 1 heterocycles. The number of nitrogens with one attached hydrogen (secondary N) is 1. The number of rotatable bonds is 4. The first kappa shape index (κ1) is 16.5. The third kappa shape index (κ3) is 4.48. The normalized spacial score (nSPS) is 36.0. The molecule has 0 aromatic rings. The number of carbonyl (C=O) groups excluding carboxylic acids is 1. The lowest BCUT2D eigenvalue weighted by Gasteiger charge is -2.41. The molecule has 112 valence electrons. The van der Waals surface area contributed by atoms with Crippen molar-refractivity contribution in [2.75, 3.05) is 6.61 Å². The Bertz CT molecular complexity index is 371. The molecule has 11 heteroatoms. The second kappa shape index (κ2) is 6.25. The predicted molar refractivity (Wildman–Crippen MR) is 58.5 cm³/mol. The van der Waals surface area contributed by atoms with E-state index in [0.29, 0.717) is 0 Å². The Labute approximate surface area is 108 Å². The van der Waals surface area contributed by atoms with Gasteiger partial charge in [-0.15, -0.1) is 0 Å². The minimum atomic E-state index is -4.95. The van der Waals surface area contributed by atoms with Gasteiger partial charge < -0.3 is 35.2 Å². The molecule has 1 aliphatic heterocycles. The van der Waals surface area contributed by atoms with Crippen molar-refractivity contribution < 1.29 is 43.7 Å². The smallest absolute Gasteiger partial charge is 0.394 e. The van der Waals surface area contributed by atoms with Gasteiger partial charge in [0, 0.05) is 6.92 Å². The average molecular weight is 301 g/mol. The van der Waals surface area contributed by atoms with Crippen LogP contribution in [0.5, 0.6) is 0 Å². The molecule has 0 aromatic carbocycles. The van der Waals surface area contributed by atoms with Crippen LogP contribution in [0.25, 0.3) is 0 Å². The molecule has 1 saturated heterocycles. The van der Waals surface area contributed by atoms with Crippen LogP contribution in [0.3, 0.4) is 0 Å². The third-order valence-corrected chi connectivity index (χ3v) is 2.97. The Morgan fingerprint density at radius 1 is 1.37 bits per heavy atom. The second-order valence-corrected chi connectivity index (χ2v) is 5.22. The maximum atomic E-state index is 11.0. The fraction of sp³-hybridized carbons (Fsp3) is 0.875. The summed E-state index contributed by atoms with van der Waals surface area (Å²) in [5.74, 6) is -0.624. The highest BCUT2D eigenvalue weighted by atomic mass is 31.2. The minimum absolute atomic E-state index is 0.624. The second-order valence-electron chi connectivity index (χ2n) is 4.03. The van der Waals surface area contributed by atoms with Crippen LogP contribution in [0.2, 0.25) is 0 Å². The van der Waals surface area contributed by atoms with E-state index in [-0.39, 0.29) is 0 Å². The summed E-state index contributed by atoms with van der Waals surface area (Å²) in [4.78, 5) is 28.4. The first-order chi connectivity index (χ1) is 8.65. The lowest BCUT2D eigenvalue weighted by Crippen LogP contribution is -2.64. The van der Waals surface area contributed by atoms with Gasteiger partial charge in [0.25, 0.3) is 0 Å². The first-order valence-electron chi connectivity index (χ1n) is 5.29.